The molecule has 0 aliphatic heterocycles. The largest absolute Gasteiger partial charge is 0.393 e. The Hall–Kier alpha value is -2.33. The second kappa shape index (κ2) is 9.23. The zero-order valence-electron chi connectivity index (χ0n) is 15.3. The molecule has 0 fully saturated rings. The molecule has 0 aliphatic rings. The molecule has 0 heterocycles. The van der Waals surface area contributed by atoms with Gasteiger partial charge in [-0.2, -0.15) is 0 Å². The maximum absolute atomic E-state index is 12.2. The summed E-state index contributed by atoms with van der Waals surface area (Å²) in [7, 11) is 0. The van der Waals surface area contributed by atoms with Gasteiger partial charge in [0, 0.05) is 18.2 Å². The van der Waals surface area contributed by atoms with Crippen LogP contribution in [0.1, 0.15) is 36.0 Å². The molecule has 1 amide bonds. The lowest BCUT2D eigenvalue weighted by Crippen LogP contribution is -2.34. The van der Waals surface area contributed by atoms with E-state index in [1.807, 2.05) is 62.4 Å². The van der Waals surface area contributed by atoms with Gasteiger partial charge < -0.3 is 15.7 Å². The van der Waals surface area contributed by atoms with Gasteiger partial charge in [0.2, 0.25) is 5.91 Å². The standard InChI is InChI=1S/C21H28N2O2/c1-15-8-7-9-16(2)21(15)23-14-20(25)22-13-19(12-17(3)24)18-10-5-4-6-11-18/h4-11,17,19,23-24H,12-14H2,1-3H3,(H,22,25). The fraction of sp³-hybridized carbons (Fsp3) is 0.381. The van der Waals surface area contributed by atoms with E-state index < -0.39 is 6.10 Å². The summed E-state index contributed by atoms with van der Waals surface area (Å²) >= 11 is 0. The molecule has 0 aliphatic carbocycles. The normalized spacial score (nSPS) is 13.1. The number of hydrogen-bond donors (Lipinski definition) is 3. The number of carbonyl (C=O) groups is 1. The van der Waals surface area contributed by atoms with Gasteiger partial charge >= 0.3 is 0 Å². The average molecular weight is 340 g/mol. The number of amides is 1. The van der Waals surface area contributed by atoms with Crippen molar-refractivity contribution in [3.63, 3.8) is 0 Å². The Kier molecular flexibility index (Phi) is 7.02. The zero-order valence-corrected chi connectivity index (χ0v) is 15.3. The minimum Gasteiger partial charge on any atom is -0.393 e. The van der Waals surface area contributed by atoms with Crippen molar-refractivity contribution in [1.82, 2.24) is 5.32 Å². The van der Waals surface area contributed by atoms with E-state index in [4.69, 9.17) is 0 Å². The molecule has 2 rings (SSSR count). The fourth-order valence-electron chi connectivity index (χ4n) is 3.04. The van der Waals surface area contributed by atoms with E-state index >= 15 is 0 Å². The van der Waals surface area contributed by atoms with Gasteiger partial charge in [-0.25, -0.2) is 0 Å². The van der Waals surface area contributed by atoms with E-state index in [9.17, 15) is 9.90 Å². The quantitative estimate of drug-likeness (QED) is 0.690. The highest BCUT2D eigenvalue weighted by molar-refractivity contribution is 5.81. The molecule has 2 unspecified atom stereocenters. The lowest BCUT2D eigenvalue weighted by molar-refractivity contribution is -0.119. The minimum absolute atomic E-state index is 0.0471. The van der Waals surface area contributed by atoms with Crippen molar-refractivity contribution in [2.75, 3.05) is 18.4 Å². The van der Waals surface area contributed by atoms with E-state index in [1.165, 1.54) is 0 Å². The third kappa shape index (κ3) is 5.91. The molecular weight excluding hydrogens is 312 g/mol. The summed E-state index contributed by atoms with van der Waals surface area (Å²) in [5.74, 6) is 0.0551. The van der Waals surface area contributed by atoms with Crippen LogP contribution < -0.4 is 10.6 Å². The summed E-state index contributed by atoms with van der Waals surface area (Å²) in [6.45, 7) is 6.59. The highest BCUT2D eigenvalue weighted by Crippen LogP contribution is 2.21. The third-order valence-electron chi connectivity index (χ3n) is 4.35. The third-order valence-corrected chi connectivity index (χ3v) is 4.35. The summed E-state index contributed by atoms with van der Waals surface area (Å²) in [4.78, 5) is 12.2. The average Bonchev–Trinajstić information content (AvgIpc) is 2.58. The molecule has 3 N–H and O–H groups in total. The first-order valence-corrected chi connectivity index (χ1v) is 8.77. The number of anilines is 1. The second-order valence-electron chi connectivity index (χ2n) is 6.62. The van der Waals surface area contributed by atoms with Crippen LogP contribution in [0.2, 0.25) is 0 Å². The van der Waals surface area contributed by atoms with Gasteiger partial charge in [0.1, 0.15) is 0 Å². The summed E-state index contributed by atoms with van der Waals surface area (Å²) < 4.78 is 0. The molecule has 0 saturated carbocycles. The number of aliphatic hydroxyl groups is 1. The van der Waals surface area contributed by atoms with Crippen molar-refractivity contribution in [2.24, 2.45) is 0 Å². The van der Waals surface area contributed by atoms with Crippen molar-refractivity contribution in [1.29, 1.82) is 0 Å². The smallest absolute Gasteiger partial charge is 0.239 e. The first-order chi connectivity index (χ1) is 12.0. The molecule has 2 atom stereocenters. The number of carbonyl (C=O) groups excluding carboxylic acids is 1. The van der Waals surface area contributed by atoms with Crippen molar-refractivity contribution in [3.8, 4) is 0 Å². The molecule has 134 valence electrons. The maximum Gasteiger partial charge on any atom is 0.239 e. The van der Waals surface area contributed by atoms with E-state index in [0.29, 0.717) is 13.0 Å². The minimum atomic E-state index is -0.408. The van der Waals surface area contributed by atoms with E-state index in [2.05, 4.69) is 10.6 Å². The molecule has 25 heavy (non-hydrogen) atoms. The van der Waals surface area contributed by atoms with E-state index in [1.54, 1.807) is 6.92 Å². The predicted octanol–water partition coefficient (Wildman–Crippen LogP) is 3.39. The van der Waals surface area contributed by atoms with Gasteiger partial charge in [0.05, 0.1) is 12.6 Å². The molecule has 0 saturated heterocycles. The summed E-state index contributed by atoms with van der Waals surface area (Å²) in [6, 6.07) is 16.1. The van der Waals surface area contributed by atoms with Crippen LogP contribution in [-0.2, 0) is 4.79 Å². The van der Waals surface area contributed by atoms with Crippen LogP contribution in [0.4, 0.5) is 5.69 Å². The van der Waals surface area contributed by atoms with Crippen LogP contribution in [0.25, 0.3) is 0 Å². The zero-order chi connectivity index (χ0) is 18.2. The summed E-state index contributed by atoms with van der Waals surface area (Å²) in [6.07, 6.45) is 0.212. The Morgan fingerprint density at radius 2 is 1.68 bits per heavy atom. The number of rotatable bonds is 8. The van der Waals surface area contributed by atoms with Gasteiger partial charge in [-0.05, 0) is 43.9 Å². The topological polar surface area (TPSA) is 61.4 Å². The van der Waals surface area contributed by atoms with E-state index in [0.717, 1.165) is 22.4 Å². The first-order valence-electron chi connectivity index (χ1n) is 8.77. The molecule has 2 aromatic carbocycles. The second-order valence-corrected chi connectivity index (χ2v) is 6.62. The lowest BCUT2D eigenvalue weighted by atomic mass is 9.93. The predicted molar refractivity (Wildman–Crippen MR) is 103 cm³/mol. The van der Waals surface area contributed by atoms with Crippen LogP contribution >= 0.6 is 0 Å². The molecular formula is C21H28N2O2. The Labute approximate surface area is 150 Å². The molecule has 0 spiro atoms. The SMILES string of the molecule is Cc1cccc(C)c1NCC(=O)NCC(CC(C)O)c1ccccc1. The van der Waals surface area contributed by atoms with Crippen molar-refractivity contribution in [3.05, 3.63) is 65.2 Å². The van der Waals surface area contributed by atoms with Crippen LogP contribution in [-0.4, -0.2) is 30.2 Å². The summed E-state index contributed by atoms with van der Waals surface area (Å²) in [5, 5.41) is 15.9. The molecule has 4 nitrogen and oxygen atoms in total. The molecule has 0 bridgehead atoms. The van der Waals surface area contributed by atoms with Crippen molar-refractivity contribution < 1.29 is 9.90 Å². The molecule has 2 aromatic rings. The number of benzene rings is 2. The van der Waals surface area contributed by atoms with Crippen LogP contribution in [0.3, 0.4) is 0 Å². The monoisotopic (exact) mass is 340 g/mol. The van der Waals surface area contributed by atoms with Crippen molar-refractivity contribution in [2.45, 2.75) is 39.2 Å². The highest BCUT2D eigenvalue weighted by atomic mass is 16.3. The Bertz CT molecular complexity index is 663. The van der Waals surface area contributed by atoms with Gasteiger partial charge in [0.15, 0.2) is 0 Å². The number of aliphatic hydroxyl groups excluding tert-OH is 1. The number of aryl methyl sites for hydroxylation is 2. The first kappa shape index (κ1) is 19.0. The number of para-hydroxylation sites is 1. The van der Waals surface area contributed by atoms with E-state index in [-0.39, 0.29) is 18.4 Å². The van der Waals surface area contributed by atoms with Gasteiger partial charge in [0.25, 0.3) is 0 Å². The highest BCUT2D eigenvalue weighted by Gasteiger charge is 2.15. The Balaban J connectivity index is 1.90. The Morgan fingerprint density at radius 3 is 2.28 bits per heavy atom. The van der Waals surface area contributed by atoms with Gasteiger partial charge in [-0.15, -0.1) is 0 Å². The summed E-state index contributed by atoms with van der Waals surface area (Å²) in [5.41, 5.74) is 4.40. The fourth-order valence-corrected chi connectivity index (χ4v) is 3.04. The van der Waals surface area contributed by atoms with Crippen molar-refractivity contribution >= 4 is 11.6 Å². The number of nitrogens with one attached hydrogen (secondary N) is 2. The van der Waals surface area contributed by atoms with Gasteiger partial charge in [-0.3, -0.25) is 4.79 Å². The van der Waals surface area contributed by atoms with Crippen LogP contribution in [0.5, 0.6) is 0 Å². The lowest BCUT2D eigenvalue weighted by Gasteiger charge is -2.20. The molecule has 0 radical (unpaired) electrons. The molecule has 0 aromatic heterocycles. The maximum atomic E-state index is 12.2. The molecule has 4 heteroatoms. The van der Waals surface area contributed by atoms with Gasteiger partial charge in [-0.1, -0.05) is 48.5 Å². The Morgan fingerprint density at radius 1 is 1.04 bits per heavy atom. The number of hydrogen-bond acceptors (Lipinski definition) is 3. The van der Waals surface area contributed by atoms with Crippen LogP contribution in [0.15, 0.2) is 48.5 Å². The van der Waals surface area contributed by atoms with Crippen LogP contribution in [0, 0.1) is 13.8 Å².